The predicted molar refractivity (Wildman–Crippen MR) is 128 cm³/mol. The number of nitrogens with one attached hydrogen (secondary N) is 1. The molecule has 2 aromatic rings. The summed E-state index contributed by atoms with van der Waals surface area (Å²) in [5.74, 6) is -0.950. The molecule has 1 fully saturated rings. The zero-order chi connectivity index (χ0) is 24.8. The third-order valence-electron chi connectivity index (χ3n) is 5.44. The second kappa shape index (κ2) is 11.6. The first kappa shape index (κ1) is 25.9. The van der Waals surface area contributed by atoms with Gasteiger partial charge in [-0.15, -0.1) is 0 Å². The van der Waals surface area contributed by atoms with Gasteiger partial charge >= 0.3 is 0 Å². The van der Waals surface area contributed by atoms with Gasteiger partial charge in [-0.25, -0.2) is 4.39 Å². The van der Waals surface area contributed by atoms with Gasteiger partial charge in [0.2, 0.25) is 0 Å². The Bertz CT molecular complexity index is 1050. The first-order valence-electron chi connectivity index (χ1n) is 11.2. The van der Waals surface area contributed by atoms with E-state index in [0.29, 0.717) is 31.6 Å². The van der Waals surface area contributed by atoms with Crippen molar-refractivity contribution < 1.29 is 28.6 Å². The number of carbonyl (C=O) groups is 2. The van der Waals surface area contributed by atoms with Crippen LogP contribution in [0.15, 0.2) is 30.3 Å². The first-order chi connectivity index (χ1) is 16.2. The number of hydrogen-bond acceptors (Lipinski definition) is 5. The van der Waals surface area contributed by atoms with Gasteiger partial charge in [0.05, 0.1) is 23.3 Å². The summed E-state index contributed by atoms with van der Waals surface area (Å²) in [6.45, 7) is 5.10. The molecule has 0 aliphatic carbocycles. The van der Waals surface area contributed by atoms with Crippen molar-refractivity contribution in [1.29, 1.82) is 0 Å². The minimum atomic E-state index is -0.560. The highest BCUT2D eigenvalue weighted by Gasteiger charge is 2.27. The fourth-order valence-corrected chi connectivity index (χ4v) is 4.01. The minimum Gasteiger partial charge on any atom is -0.493 e. The van der Waals surface area contributed by atoms with Gasteiger partial charge in [-0.3, -0.25) is 9.59 Å². The van der Waals surface area contributed by atoms with Gasteiger partial charge < -0.3 is 24.8 Å². The highest BCUT2D eigenvalue weighted by atomic mass is 35.5. The molecule has 184 valence electrons. The molecule has 1 aliphatic heterocycles. The van der Waals surface area contributed by atoms with E-state index in [0.717, 1.165) is 0 Å². The number of rotatable bonds is 9. The molecule has 1 atom stereocenters. The van der Waals surface area contributed by atoms with Gasteiger partial charge in [0.1, 0.15) is 11.6 Å². The zero-order valence-corrected chi connectivity index (χ0v) is 20.3. The van der Waals surface area contributed by atoms with Gasteiger partial charge in [0.15, 0.2) is 0 Å². The molecule has 7 nitrogen and oxygen atoms in total. The van der Waals surface area contributed by atoms with Crippen molar-refractivity contribution in [3.05, 3.63) is 52.3 Å². The maximum absolute atomic E-state index is 15.0. The van der Waals surface area contributed by atoms with Crippen LogP contribution < -0.4 is 10.1 Å². The predicted octanol–water partition coefficient (Wildman–Crippen LogP) is 3.91. The van der Waals surface area contributed by atoms with Crippen LogP contribution in [0, 0.1) is 5.82 Å². The van der Waals surface area contributed by atoms with Crippen molar-refractivity contribution in [1.82, 2.24) is 10.2 Å². The first-order valence-corrected chi connectivity index (χ1v) is 11.6. The molecule has 1 saturated heterocycles. The molecule has 0 bridgehead atoms. The number of carbonyl (C=O) groups excluding carboxylic acids is 2. The summed E-state index contributed by atoms with van der Waals surface area (Å²) in [6.07, 6.45) is 0.540. The van der Waals surface area contributed by atoms with E-state index in [1.165, 1.54) is 35.2 Å². The molecule has 2 N–H and O–H groups in total. The van der Waals surface area contributed by atoms with E-state index in [4.69, 9.17) is 21.1 Å². The van der Waals surface area contributed by atoms with E-state index >= 15 is 0 Å². The van der Waals surface area contributed by atoms with Crippen LogP contribution in [0.4, 0.5) is 4.39 Å². The molecular formula is C25H30ClFN2O5. The number of benzene rings is 2. The third-order valence-corrected chi connectivity index (χ3v) is 5.75. The number of aliphatic hydroxyl groups is 1. The van der Waals surface area contributed by atoms with E-state index in [1.54, 1.807) is 7.11 Å². The highest BCUT2D eigenvalue weighted by molar-refractivity contribution is 6.34. The van der Waals surface area contributed by atoms with E-state index < -0.39 is 11.9 Å². The Hall–Kier alpha value is -2.68. The van der Waals surface area contributed by atoms with E-state index in [9.17, 15) is 19.1 Å². The monoisotopic (exact) mass is 492 g/mol. The van der Waals surface area contributed by atoms with Crippen molar-refractivity contribution in [2.75, 3.05) is 33.4 Å². The Morgan fingerprint density at radius 1 is 1.24 bits per heavy atom. The smallest absolute Gasteiger partial charge is 0.253 e. The van der Waals surface area contributed by atoms with Crippen molar-refractivity contribution in [3.63, 3.8) is 0 Å². The number of hydrogen-bond donors (Lipinski definition) is 2. The average Bonchev–Trinajstić information content (AvgIpc) is 3.23. The fraction of sp³-hybridized carbons (Fsp3) is 0.440. The molecule has 2 aromatic carbocycles. The van der Waals surface area contributed by atoms with Crippen LogP contribution in [-0.4, -0.2) is 67.4 Å². The second-order valence-corrected chi connectivity index (χ2v) is 8.95. The zero-order valence-electron chi connectivity index (χ0n) is 19.6. The Labute approximate surface area is 203 Å². The summed E-state index contributed by atoms with van der Waals surface area (Å²) in [7, 11) is 1.58. The van der Waals surface area contributed by atoms with E-state index in [1.807, 2.05) is 13.8 Å². The summed E-state index contributed by atoms with van der Waals surface area (Å²) >= 11 is 6.43. The molecule has 1 heterocycles. The fourth-order valence-electron chi connectivity index (χ4n) is 3.76. The normalized spacial score (nSPS) is 15.6. The van der Waals surface area contributed by atoms with E-state index in [-0.39, 0.29) is 58.5 Å². The molecular weight excluding hydrogens is 463 g/mol. The lowest BCUT2D eigenvalue weighted by atomic mass is 9.99. The molecule has 0 radical (unpaired) electrons. The number of amides is 2. The van der Waals surface area contributed by atoms with Gasteiger partial charge in [0, 0.05) is 56.0 Å². The van der Waals surface area contributed by atoms with Crippen LogP contribution in [0.2, 0.25) is 5.02 Å². The molecule has 0 spiro atoms. The Kier molecular flexibility index (Phi) is 8.88. The number of aliphatic hydroxyl groups excluding tert-OH is 1. The summed E-state index contributed by atoms with van der Waals surface area (Å²) in [5, 5.41) is 12.7. The Morgan fingerprint density at radius 3 is 2.65 bits per heavy atom. The molecule has 0 saturated carbocycles. The maximum atomic E-state index is 15.0. The Balaban J connectivity index is 2.01. The number of likely N-dealkylation sites (tertiary alicyclic amines) is 1. The summed E-state index contributed by atoms with van der Waals surface area (Å²) in [6, 6.07) is 6.96. The molecule has 9 heteroatoms. The van der Waals surface area contributed by atoms with Crippen molar-refractivity contribution in [2.45, 2.75) is 38.8 Å². The summed E-state index contributed by atoms with van der Waals surface area (Å²) in [5.41, 5.74) is 0.954. The Morgan fingerprint density at radius 2 is 2.00 bits per heavy atom. The van der Waals surface area contributed by atoms with Crippen molar-refractivity contribution in [3.8, 4) is 16.9 Å². The number of halogens is 2. The van der Waals surface area contributed by atoms with Crippen LogP contribution >= 0.6 is 11.6 Å². The number of ether oxygens (including phenoxy) is 2. The molecule has 1 aliphatic rings. The third kappa shape index (κ3) is 6.25. The number of nitrogens with zero attached hydrogens (tertiary/aromatic N) is 1. The van der Waals surface area contributed by atoms with Crippen LogP contribution in [0.3, 0.4) is 0 Å². The molecule has 0 unspecified atom stereocenters. The molecule has 34 heavy (non-hydrogen) atoms. The SMILES string of the molecule is COCCCOc1cc(C(=O)NC(C)C)c(Cl)cc1-c1cc(C(=O)N2CC[C@H](O)C2)ccc1F. The number of β-amino-alcohol motifs (C(OH)–C–C–N with tert-alkyl or cyclic N) is 1. The minimum absolute atomic E-state index is 0.0986. The van der Waals surface area contributed by atoms with Gasteiger partial charge in [0.25, 0.3) is 11.8 Å². The van der Waals surface area contributed by atoms with Crippen molar-refractivity contribution in [2.24, 2.45) is 0 Å². The molecule has 0 aromatic heterocycles. The lowest BCUT2D eigenvalue weighted by molar-refractivity contribution is 0.0764. The van der Waals surface area contributed by atoms with Gasteiger partial charge in [-0.05, 0) is 50.6 Å². The molecule has 2 amide bonds. The van der Waals surface area contributed by atoms with Crippen LogP contribution in [0.5, 0.6) is 5.75 Å². The summed E-state index contributed by atoms with van der Waals surface area (Å²) < 4.78 is 25.9. The maximum Gasteiger partial charge on any atom is 0.253 e. The van der Waals surface area contributed by atoms with Crippen LogP contribution in [0.25, 0.3) is 11.1 Å². The second-order valence-electron chi connectivity index (χ2n) is 8.54. The van der Waals surface area contributed by atoms with Gasteiger partial charge in [-0.2, -0.15) is 0 Å². The van der Waals surface area contributed by atoms with Crippen molar-refractivity contribution >= 4 is 23.4 Å². The van der Waals surface area contributed by atoms with Crippen LogP contribution in [-0.2, 0) is 4.74 Å². The standard InChI is InChI=1S/C25H30ClFN2O5/c1-15(2)28-24(31)20-13-23(34-10-4-9-33-3)19(12-21(20)26)18-11-16(5-6-22(18)27)25(32)29-8-7-17(30)14-29/h5-6,11-13,15,17,30H,4,7-10,14H2,1-3H3,(H,28,31)/t17-/m0/s1. The molecule has 3 rings (SSSR count). The number of methoxy groups -OCH3 is 1. The highest BCUT2D eigenvalue weighted by Crippen LogP contribution is 2.37. The largest absolute Gasteiger partial charge is 0.493 e. The lowest BCUT2D eigenvalue weighted by Gasteiger charge is -2.18. The van der Waals surface area contributed by atoms with Gasteiger partial charge in [-0.1, -0.05) is 11.6 Å². The average molecular weight is 493 g/mol. The summed E-state index contributed by atoms with van der Waals surface area (Å²) in [4.78, 5) is 27.1. The van der Waals surface area contributed by atoms with E-state index in [2.05, 4.69) is 5.32 Å². The lowest BCUT2D eigenvalue weighted by Crippen LogP contribution is -2.30. The topological polar surface area (TPSA) is 88.1 Å². The van der Waals surface area contributed by atoms with Crippen LogP contribution in [0.1, 0.15) is 47.4 Å². The quantitative estimate of drug-likeness (QED) is 0.518.